The van der Waals surface area contributed by atoms with Gasteiger partial charge in [0, 0.05) is 18.6 Å². The largest absolute Gasteiger partial charge is 0.493 e. The second kappa shape index (κ2) is 11.2. The predicted octanol–water partition coefficient (Wildman–Crippen LogP) is 4.01. The number of benzene rings is 2. The summed E-state index contributed by atoms with van der Waals surface area (Å²) >= 11 is 5.98. The van der Waals surface area contributed by atoms with Crippen LogP contribution in [-0.4, -0.2) is 36.1 Å². The molecule has 0 radical (unpaired) electrons. The Balaban J connectivity index is 1.87. The van der Waals surface area contributed by atoms with Gasteiger partial charge in [0.1, 0.15) is 11.8 Å². The number of esters is 1. The molecule has 160 valence electrons. The molecule has 1 N–H and O–H groups in total. The first-order chi connectivity index (χ1) is 14.3. The van der Waals surface area contributed by atoms with Crippen LogP contribution in [0, 0.1) is 16.0 Å². The summed E-state index contributed by atoms with van der Waals surface area (Å²) in [6.45, 7) is 4.06. The predicted molar refractivity (Wildman–Crippen MR) is 112 cm³/mol. The van der Waals surface area contributed by atoms with Crippen molar-refractivity contribution in [1.82, 2.24) is 5.32 Å². The molecule has 0 bridgehead atoms. The average Bonchev–Trinajstić information content (AvgIpc) is 2.71. The molecule has 0 saturated carbocycles. The maximum Gasteiger partial charge on any atom is 0.328 e. The molecule has 0 aliphatic carbocycles. The van der Waals surface area contributed by atoms with Gasteiger partial charge in [-0.05, 0) is 24.1 Å². The van der Waals surface area contributed by atoms with Crippen LogP contribution in [0.5, 0.6) is 5.75 Å². The first kappa shape index (κ1) is 23.2. The number of nitro groups is 1. The third kappa shape index (κ3) is 6.73. The highest BCUT2D eigenvalue weighted by Crippen LogP contribution is 2.22. The van der Waals surface area contributed by atoms with Crippen molar-refractivity contribution in [2.75, 3.05) is 13.2 Å². The lowest BCUT2D eigenvalue weighted by Gasteiger charge is -2.21. The number of amides is 1. The van der Waals surface area contributed by atoms with Gasteiger partial charge in [0.2, 0.25) is 0 Å². The summed E-state index contributed by atoms with van der Waals surface area (Å²) < 4.78 is 10.8. The number of hydrogen-bond donors (Lipinski definition) is 1. The van der Waals surface area contributed by atoms with E-state index in [9.17, 15) is 19.7 Å². The number of para-hydroxylation sites is 1. The molecule has 0 aliphatic rings. The Morgan fingerprint density at radius 2 is 1.83 bits per heavy atom. The Kier molecular flexibility index (Phi) is 8.61. The molecule has 0 fully saturated rings. The lowest BCUT2D eigenvalue weighted by atomic mass is 10.0. The summed E-state index contributed by atoms with van der Waals surface area (Å²) in [5, 5.41) is 13.3. The number of carbonyl (C=O) groups excluding carboxylic acids is 2. The number of non-ortho nitro benzene ring substituents is 1. The SMILES string of the molecule is CC(C)[C@H](NC(=O)c1ccc([N+](=O)[O-])cc1Cl)C(=O)OCCCOc1ccccc1. The van der Waals surface area contributed by atoms with Crippen molar-refractivity contribution in [1.29, 1.82) is 0 Å². The molecule has 2 aromatic rings. The number of nitrogens with one attached hydrogen (secondary N) is 1. The zero-order valence-electron chi connectivity index (χ0n) is 16.7. The summed E-state index contributed by atoms with van der Waals surface area (Å²) in [6, 6.07) is 11.9. The van der Waals surface area contributed by atoms with E-state index in [-0.39, 0.29) is 28.8 Å². The minimum Gasteiger partial charge on any atom is -0.493 e. The van der Waals surface area contributed by atoms with Gasteiger partial charge in [-0.15, -0.1) is 0 Å². The van der Waals surface area contributed by atoms with Gasteiger partial charge in [-0.25, -0.2) is 4.79 Å². The molecule has 0 unspecified atom stereocenters. The van der Waals surface area contributed by atoms with E-state index in [1.54, 1.807) is 13.8 Å². The molecular weight excluding hydrogens is 412 g/mol. The monoisotopic (exact) mass is 434 g/mol. The van der Waals surface area contributed by atoms with Gasteiger partial charge in [-0.2, -0.15) is 0 Å². The Hall–Kier alpha value is -3.13. The van der Waals surface area contributed by atoms with Crippen molar-refractivity contribution >= 4 is 29.2 Å². The molecule has 1 atom stereocenters. The van der Waals surface area contributed by atoms with Crippen LogP contribution in [0.2, 0.25) is 5.02 Å². The smallest absolute Gasteiger partial charge is 0.328 e. The van der Waals surface area contributed by atoms with E-state index >= 15 is 0 Å². The van der Waals surface area contributed by atoms with Crippen molar-refractivity contribution in [3.63, 3.8) is 0 Å². The normalized spacial score (nSPS) is 11.6. The minimum atomic E-state index is -0.890. The fourth-order valence-electron chi connectivity index (χ4n) is 2.55. The first-order valence-corrected chi connectivity index (χ1v) is 9.76. The summed E-state index contributed by atoms with van der Waals surface area (Å²) in [5.74, 6) is -0.691. The van der Waals surface area contributed by atoms with Crippen LogP contribution in [0.3, 0.4) is 0 Å². The van der Waals surface area contributed by atoms with E-state index in [1.807, 2.05) is 30.3 Å². The Labute approximate surface area is 179 Å². The average molecular weight is 435 g/mol. The van der Waals surface area contributed by atoms with E-state index in [0.29, 0.717) is 13.0 Å². The van der Waals surface area contributed by atoms with E-state index in [1.165, 1.54) is 12.1 Å². The summed E-state index contributed by atoms with van der Waals surface area (Å²) in [4.78, 5) is 35.1. The fourth-order valence-corrected chi connectivity index (χ4v) is 2.81. The van der Waals surface area contributed by atoms with Crippen molar-refractivity contribution in [2.45, 2.75) is 26.3 Å². The molecular formula is C21H23ClN2O6. The van der Waals surface area contributed by atoms with E-state index < -0.39 is 22.8 Å². The molecule has 8 nitrogen and oxygen atoms in total. The van der Waals surface area contributed by atoms with Gasteiger partial charge in [0.15, 0.2) is 0 Å². The van der Waals surface area contributed by atoms with E-state index in [4.69, 9.17) is 21.1 Å². The highest BCUT2D eigenvalue weighted by Gasteiger charge is 2.27. The Morgan fingerprint density at radius 1 is 1.13 bits per heavy atom. The highest BCUT2D eigenvalue weighted by atomic mass is 35.5. The van der Waals surface area contributed by atoms with Crippen LogP contribution in [0.4, 0.5) is 5.69 Å². The van der Waals surface area contributed by atoms with Crippen LogP contribution < -0.4 is 10.1 Å². The topological polar surface area (TPSA) is 108 Å². The number of halogens is 1. The standard InChI is InChI=1S/C21H23ClN2O6/c1-14(2)19(21(26)30-12-6-11-29-16-7-4-3-5-8-16)23-20(25)17-10-9-15(24(27)28)13-18(17)22/h3-5,7-10,13-14,19H,6,11-12H2,1-2H3,(H,23,25)/t19-/m0/s1. The first-order valence-electron chi connectivity index (χ1n) is 9.39. The molecule has 30 heavy (non-hydrogen) atoms. The van der Waals surface area contributed by atoms with Crippen LogP contribution in [0.15, 0.2) is 48.5 Å². The summed E-state index contributed by atoms with van der Waals surface area (Å²) in [7, 11) is 0. The highest BCUT2D eigenvalue weighted by molar-refractivity contribution is 6.34. The maximum atomic E-state index is 12.5. The Bertz CT molecular complexity index is 888. The second-order valence-electron chi connectivity index (χ2n) is 6.80. The second-order valence-corrected chi connectivity index (χ2v) is 7.21. The van der Waals surface area contributed by atoms with Crippen LogP contribution in [0.1, 0.15) is 30.6 Å². The fraction of sp³-hybridized carbons (Fsp3) is 0.333. The summed E-state index contributed by atoms with van der Waals surface area (Å²) in [6.07, 6.45) is 0.494. The van der Waals surface area contributed by atoms with Crippen molar-refractivity contribution in [3.05, 3.63) is 69.2 Å². The van der Waals surface area contributed by atoms with Crippen molar-refractivity contribution in [2.24, 2.45) is 5.92 Å². The lowest BCUT2D eigenvalue weighted by Crippen LogP contribution is -2.45. The number of carbonyl (C=O) groups is 2. The molecule has 0 saturated heterocycles. The number of ether oxygens (including phenoxy) is 2. The van der Waals surface area contributed by atoms with Gasteiger partial charge in [0.05, 0.1) is 28.7 Å². The number of hydrogen-bond acceptors (Lipinski definition) is 6. The quantitative estimate of drug-likeness (QED) is 0.262. The molecule has 1 amide bonds. The Morgan fingerprint density at radius 3 is 2.43 bits per heavy atom. The van der Waals surface area contributed by atoms with Gasteiger partial charge in [-0.3, -0.25) is 14.9 Å². The van der Waals surface area contributed by atoms with Crippen LogP contribution in [-0.2, 0) is 9.53 Å². The van der Waals surface area contributed by atoms with Crippen LogP contribution in [0.25, 0.3) is 0 Å². The minimum absolute atomic E-state index is 0.0389. The van der Waals surface area contributed by atoms with Gasteiger partial charge >= 0.3 is 5.97 Å². The maximum absolute atomic E-state index is 12.5. The molecule has 0 spiro atoms. The van der Waals surface area contributed by atoms with Crippen molar-refractivity contribution in [3.8, 4) is 5.75 Å². The third-order valence-electron chi connectivity index (χ3n) is 4.16. The van der Waals surface area contributed by atoms with Gasteiger partial charge in [0.25, 0.3) is 11.6 Å². The molecule has 0 aromatic heterocycles. The molecule has 0 heterocycles. The van der Waals surface area contributed by atoms with Gasteiger partial charge < -0.3 is 14.8 Å². The number of nitrogens with zero attached hydrogens (tertiary/aromatic N) is 1. The number of rotatable bonds is 10. The van der Waals surface area contributed by atoms with E-state index in [0.717, 1.165) is 11.8 Å². The number of nitro benzene ring substituents is 1. The molecule has 0 aliphatic heterocycles. The van der Waals surface area contributed by atoms with Crippen LogP contribution >= 0.6 is 11.6 Å². The van der Waals surface area contributed by atoms with E-state index in [2.05, 4.69) is 5.32 Å². The molecule has 2 rings (SSSR count). The lowest BCUT2D eigenvalue weighted by molar-refractivity contribution is -0.384. The van der Waals surface area contributed by atoms with Crippen molar-refractivity contribution < 1.29 is 24.0 Å². The zero-order chi connectivity index (χ0) is 22.1. The third-order valence-corrected chi connectivity index (χ3v) is 4.47. The zero-order valence-corrected chi connectivity index (χ0v) is 17.4. The molecule has 9 heteroatoms. The molecule has 2 aromatic carbocycles. The van der Waals surface area contributed by atoms with Gasteiger partial charge in [-0.1, -0.05) is 43.6 Å². The summed E-state index contributed by atoms with van der Waals surface area (Å²) in [5.41, 5.74) is -0.189.